The average Bonchev–Trinajstić information content (AvgIpc) is 1.82. The summed E-state index contributed by atoms with van der Waals surface area (Å²) in [4.78, 5) is 10.8. The molecule has 0 aliphatic rings. The summed E-state index contributed by atoms with van der Waals surface area (Å²) in [6, 6.07) is 0. The summed E-state index contributed by atoms with van der Waals surface area (Å²) >= 11 is 0. The zero-order valence-electron chi connectivity index (χ0n) is 8.87. The molecule has 0 amide bonds. The molecule has 0 aromatic rings. The minimum Gasteiger partial charge on any atom is -0.479 e. The van der Waals surface area contributed by atoms with Crippen molar-refractivity contribution in [3.05, 3.63) is 0 Å². The van der Waals surface area contributed by atoms with Crippen LogP contribution in [0.1, 0.15) is 40.5 Å². The topological polar surface area (TPSA) is 57.5 Å². The molecule has 2 N–H and O–H groups in total. The van der Waals surface area contributed by atoms with Crippen molar-refractivity contribution in [2.75, 3.05) is 0 Å². The molecule has 0 heterocycles. The maximum atomic E-state index is 10.8. The van der Waals surface area contributed by atoms with Crippen molar-refractivity contribution in [3.8, 4) is 0 Å². The fourth-order valence-electron chi connectivity index (χ4n) is 1.61. The van der Waals surface area contributed by atoms with Gasteiger partial charge in [-0.05, 0) is 24.7 Å². The number of aliphatic hydroxyl groups is 1. The molecule has 0 fully saturated rings. The highest BCUT2D eigenvalue weighted by atomic mass is 16.4. The number of carbonyl (C=O) groups is 1. The summed E-state index contributed by atoms with van der Waals surface area (Å²) in [5, 5.41) is 18.7. The van der Waals surface area contributed by atoms with E-state index in [0.717, 1.165) is 0 Å². The quantitative estimate of drug-likeness (QED) is 0.692. The van der Waals surface area contributed by atoms with Gasteiger partial charge in [0.1, 0.15) is 0 Å². The second-order valence-electron chi connectivity index (χ2n) is 4.53. The highest BCUT2D eigenvalue weighted by Crippen LogP contribution is 2.24. The minimum absolute atomic E-state index is 0.194. The fourth-order valence-corrected chi connectivity index (χ4v) is 1.61. The summed E-state index contributed by atoms with van der Waals surface area (Å²) < 4.78 is 0. The minimum atomic E-state index is -1.54. The molecule has 0 saturated carbocycles. The molecule has 0 radical (unpaired) electrons. The third kappa shape index (κ3) is 4.27. The van der Waals surface area contributed by atoms with Crippen LogP contribution in [0.4, 0.5) is 0 Å². The van der Waals surface area contributed by atoms with Gasteiger partial charge in [0.25, 0.3) is 0 Å². The maximum Gasteiger partial charge on any atom is 0.335 e. The summed E-state index contributed by atoms with van der Waals surface area (Å²) in [6.07, 6.45) is 0.640. The van der Waals surface area contributed by atoms with E-state index in [9.17, 15) is 9.90 Å². The Morgan fingerprint density at radius 3 is 1.62 bits per heavy atom. The summed E-state index contributed by atoms with van der Waals surface area (Å²) in [5.74, 6) is -0.713. The molecule has 3 nitrogen and oxygen atoms in total. The lowest BCUT2D eigenvalue weighted by molar-refractivity contribution is -0.162. The Labute approximate surface area is 79.8 Å². The highest BCUT2D eigenvalue weighted by Gasteiger charge is 2.36. The van der Waals surface area contributed by atoms with Crippen molar-refractivity contribution in [2.24, 2.45) is 11.8 Å². The average molecular weight is 188 g/mol. The molecule has 0 aromatic heterocycles. The second-order valence-corrected chi connectivity index (χ2v) is 4.53. The van der Waals surface area contributed by atoms with Crippen molar-refractivity contribution in [3.63, 3.8) is 0 Å². The Morgan fingerprint density at radius 2 is 1.46 bits per heavy atom. The molecule has 0 saturated heterocycles. The Bertz CT molecular complexity index is 163. The fraction of sp³-hybridized carbons (Fsp3) is 0.900. The van der Waals surface area contributed by atoms with E-state index in [1.54, 1.807) is 0 Å². The van der Waals surface area contributed by atoms with Gasteiger partial charge in [-0.25, -0.2) is 4.79 Å². The Balaban J connectivity index is 4.43. The molecule has 0 aliphatic carbocycles. The predicted octanol–water partition coefficient (Wildman–Crippen LogP) is 1.89. The number of rotatable bonds is 5. The molecule has 78 valence electrons. The maximum absolute atomic E-state index is 10.8. The molecular formula is C10H20O3. The number of carboxylic acids is 1. The summed E-state index contributed by atoms with van der Waals surface area (Å²) in [7, 11) is 0. The molecule has 0 spiro atoms. The van der Waals surface area contributed by atoms with Gasteiger partial charge in [-0.2, -0.15) is 0 Å². The first-order valence-electron chi connectivity index (χ1n) is 4.73. The van der Waals surface area contributed by atoms with Crippen LogP contribution in [0, 0.1) is 11.8 Å². The van der Waals surface area contributed by atoms with Crippen molar-refractivity contribution >= 4 is 5.97 Å². The van der Waals surface area contributed by atoms with Gasteiger partial charge < -0.3 is 10.2 Å². The van der Waals surface area contributed by atoms with Gasteiger partial charge in [0.15, 0.2) is 5.60 Å². The monoisotopic (exact) mass is 188 g/mol. The van der Waals surface area contributed by atoms with E-state index >= 15 is 0 Å². The van der Waals surface area contributed by atoms with Crippen LogP contribution >= 0.6 is 0 Å². The molecule has 0 rings (SSSR count). The van der Waals surface area contributed by atoms with E-state index in [0.29, 0.717) is 12.8 Å². The van der Waals surface area contributed by atoms with Gasteiger partial charge in [0, 0.05) is 0 Å². The van der Waals surface area contributed by atoms with E-state index in [2.05, 4.69) is 0 Å². The van der Waals surface area contributed by atoms with Crippen molar-refractivity contribution in [2.45, 2.75) is 46.1 Å². The number of hydrogen-bond donors (Lipinski definition) is 2. The number of carboxylic acid groups (broad SMARTS) is 1. The van der Waals surface area contributed by atoms with Gasteiger partial charge >= 0.3 is 5.97 Å². The first-order valence-corrected chi connectivity index (χ1v) is 4.73. The highest BCUT2D eigenvalue weighted by molar-refractivity contribution is 5.77. The number of hydrogen-bond acceptors (Lipinski definition) is 2. The molecule has 0 aliphatic heterocycles. The zero-order valence-corrected chi connectivity index (χ0v) is 8.87. The first-order chi connectivity index (χ1) is 5.78. The predicted molar refractivity (Wildman–Crippen MR) is 51.5 cm³/mol. The molecule has 0 bridgehead atoms. The van der Waals surface area contributed by atoms with E-state index < -0.39 is 11.6 Å². The largest absolute Gasteiger partial charge is 0.479 e. The van der Waals surface area contributed by atoms with Gasteiger partial charge in [-0.3, -0.25) is 0 Å². The lowest BCUT2D eigenvalue weighted by Crippen LogP contribution is -2.41. The third-order valence-corrected chi connectivity index (χ3v) is 1.89. The Morgan fingerprint density at radius 1 is 1.15 bits per heavy atom. The molecule has 13 heavy (non-hydrogen) atoms. The van der Waals surface area contributed by atoms with E-state index in [-0.39, 0.29) is 11.8 Å². The van der Waals surface area contributed by atoms with Crippen molar-refractivity contribution in [1.82, 2.24) is 0 Å². The number of aliphatic carboxylic acids is 1. The lowest BCUT2D eigenvalue weighted by atomic mass is 9.85. The lowest BCUT2D eigenvalue weighted by Gasteiger charge is -2.26. The Kier molecular flexibility index (Phi) is 4.40. The van der Waals surface area contributed by atoms with Crippen molar-refractivity contribution < 1.29 is 15.0 Å². The third-order valence-electron chi connectivity index (χ3n) is 1.89. The van der Waals surface area contributed by atoms with Crippen LogP contribution in [-0.4, -0.2) is 21.8 Å². The van der Waals surface area contributed by atoms with Crippen LogP contribution in [0.15, 0.2) is 0 Å². The van der Waals surface area contributed by atoms with E-state index in [1.807, 2.05) is 27.7 Å². The smallest absolute Gasteiger partial charge is 0.335 e. The van der Waals surface area contributed by atoms with Crippen LogP contribution in [0.5, 0.6) is 0 Å². The standard InChI is InChI=1S/C10H20O3/c1-7(2)5-10(13,9(11)12)6-8(3)4/h7-8,13H,5-6H2,1-4H3,(H,11,12). The van der Waals surface area contributed by atoms with Crippen molar-refractivity contribution in [1.29, 1.82) is 0 Å². The SMILES string of the molecule is CC(C)CC(O)(CC(C)C)C(=O)O. The van der Waals surface area contributed by atoms with Crippen LogP contribution < -0.4 is 0 Å². The van der Waals surface area contributed by atoms with Gasteiger partial charge in [0.2, 0.25) is 0 Å². The van der Waals surface area contributed by atoms with Crippen LogP contribution in [0.2, 0.25) is 0 Å². The molecular weight excluding hydrogens is 168 g/mol. The summed E-state index contributed by atoms with van der Waals surface area (Å²) in [6.45, 7) is 7.64. The molecule has 0 atom stereocenters. The molecule has 0 unspecified atom stereocenters. The normalized spacial score (nSPS) is 12.5. The van der Waals surface area contributed by atoms with Gasteiger partial charge in [-0.15, -0.1) is 0 Å². The van der Waals surface area contributed by atoms with E-state index in [4.69, 9.17) is 5.11 Å². The first kappa shape index (κ1) is 12.4. The Hall–Kier alpha value is -0.570. The van der Waals surface area contributed by atoms with Gasteiger partial charge in [0.05, 0.1) is 0 Å². The second kappa shape index (κ2) is 4.61. The van der Waals surface area contributed by atoms with Crippen LogP contribution in [0.25, 0.3) is 0 Å². The van der Waals surface area contributed by atoms with Crippen LogP contribution in [-0.2, 0) is 4.79 Å². The molecule has 0 aromatic carbocycles. The van der Waals surface area contributed by atoms with E-state index in [1.165, 1.54) is 0 Å². The van der Waals surface area contributed by atoms with Gasteiger partial charge in [-0.1, -0.05) is 27.7 Å². The zero-order chi connectivity index (χ0) is 10.6. The molecule has 3 heteroatoms. The van der Waals surface area contributed by atoms with Crippen LogP contribution in [0.3, 0.4) is 0 Å². The summed E-state index contributed by atoms with van der Waals surface area (Å²) in [5.41, 5.74) is -1.54.